The van der Waals surface area contributed by atoms with Crippen LogP contribution in [0.5, 0.6) is 0 Å². The molecule has 3 rings (SSSR count). The molecule has 5 heteroatoms. The van der Waals surface area contributed by atoms with Crippen LogP contribution in [0.15, 0.2) is 0 Å². The summed E-state index contributed by atoms with van der Waals surface area (Å²) in [6.07, 6.45) is 4.86. The molecule has 0 aromatic carbocycles. The molecule has 0 aromatic heterocycles. The molecule has 3 saturated heterocycles. The van der Waals surface area contributed by atoms with E-state index in [0.717, 1.165) is 6.61 Å². The number of hydrogen-bond donors (Lipinski definition) is 1. The Kier molecular flexibility index (Phi) is 5.57. The van der Waals surface area contributed by atoms with Gasteiger partial charge in [-0.25, -0.2) is 0 Å². The third-order valence-electron chi connectivity index (χ3n) is 5.10. The average Bonchev–Trinajstić information content (AvgIpc) is 2.48. The topological polar surface area (TPSA) is 35.2 Å². The van der Waals surface area contributed by atoms with Crippen LogP contribution < -0.4 is 5.73 Å². The van der Waals surface area contributed by atoms with Crippen LogP contribution in [0.1, 0.15) is 32.6 Å². The highest BCUT2D eigenvalue weighted by Crippen LogP contribution is 2.43. The summed E-state index contributed by atoms with van der Waals surface area (Å²) in [6.45, 7) is 3.30. The van der Waals surface area contributed by atoms with Crippen molar-refractivity contribution in [3.05, 3.63) is 0 Å². The van der Waals surface area contributed by atoms with Crippen LogP contribution >= 0.6 is 35.3 Å². The molecule has 116 valence electrons. The van der Waals surface area contributed by atoms with Gasteiger partial charge in [-0.3, -0.25) is 0 Å². The molecule has 0 radical (unpaired) electrons. The minimum atomic E-state index is 0.182. The lowest BCUT2D eigenvalue weighted by Gasteiger charge is -2.46. The van der Waals surface area contributed by atoms with Gasteiger partial charge in [-0.15, -0.1) is 0 Å². The Bertz CT molecular complexity index is 317. The van der Waals surface area contributed by atoms with Crippen molar-refractivity contribution < 1.29 is 4.74 Å². The molecule has 1 spiro atoms. The highest BCUT2D eigenvalue weighted by Gasteiger charge is 2.43. The van der Waals surface area contributed by atoms with Crippen molar-refractivity contribution in [1.29, 1.82) is 0 Å². The largest absolute Gasteiger partial charge is 0.375 e. The lowest BCUT2D eigenvalue weighted by molar-refractivity contribution is -0.105. The average molecular weight is 334 g/mol. The van der Waals surface area contributed by atoms with Crippen LogP contribution in [0.4, 0.5) is 0 Å². The maximum absolute atomic E-state index is 6.71. The van der Waals surface area contributed by atoms with Gasteiger partial charge in [-0.05, 0) is 43.1 Å². The van der Waals surface area contributed by atoms with Crippen LogP contribution in [-0.2, 0) is 4.74 Å². The van der Waals surface area contributed by atoms with Gasteiger partial charge < -0.3 is 10.5 Å². The molecule has 3 aliphatic heterocycles. The van der Waals surface area contributed by atoms with E-state index in [2.05, 4.69) is 42.2 Å². The van der Waals surface area contributed by atoms with Crippen molar-refractivity contribution in [1.82, 2.24) is 0 Å². The summed E-state index contributed by atoms with van der Waals surface area (Å²) in [4.78, 5) is 0. The standard InChI is InChI=1S/C15H27NOS3/c1-11-14(20-9-8-19-11)13(16)12-2-5-17-15(10-12)3-6-18-7-4-15/h11-14H,2-10,16H2,1H3. The van der Waals surface area contributed by atoms with Gasteiger partial charge in [-0.2, -0.15) is 35.3 Å². The molecule has 0 saturated carbocycles. The number of thioether (sulfide) groups is 3. The molecule has 4 atom stereocenters. The molecular weight excluding hydrogens is 306 g/mol. The Morgan fingerprint density at radius 2 is 1.90 bits per heavy atom. The number of ether oxygens (including phenoxy) is 1. The van der Waals surface area contributed by atoms with Crippen molar-refractivity contribution in [3.8, 4) is 0 Å². The van der Waals surface area contributed by atoms with E-state index in [-0.39, 0.29) is 5.60 Å². The van der Waals surface area contributed by atoms with Crippen LogP contribution in [0.25, 0.3) is 0 Å². The van der Waals surface area contributed by atoms with E-state index >= 15 is 0 Å². The Morgan fingerprint density at radius 3 is 2.65 bits per heavy atom. The second kappa shape index (κ2) is 7.03. The molecule has 0 amide bonds. The highest BCUT2D eigenvalue weighted by molar-refractivity contribution is 8.07. The monoisotopic (exact) mass is 333 g/mol. The molecule has 0 aromatic rings. The first-order valence-corrected chi connectivity index (χ1v) is 11.2. The summed E-state index contributed by atoms with van der Waals surface area (Å²) < 4.78 is 6.22. The van der Waals surface area contributed by atoms with Crippen LogP contribution in [-0.4, -0.2) is 51.8 Å². The minimum absolute atomic E-state index is 0.182. The summed E-state index contributed by atoms with van der Waals surface area (Å²) in [6, 6.07) is 0.359. The second-order valence-electron chi connectivity index (χ2n) is 6.39. The molecule has 2 N–H and O–H groups in total. The predicted octanol–water partition coefficient (Wildman–Crippen LogP) is 3.24. The van der Waals surface area contributed by atoms with Gasteiger partial charge in [0, 0.05) is 34.7 Å². The molecule has 20 heavy (non-hydrogen) atoms. The summed E-state index contributed by atoms with van der Waals surface area (Å²) >= 11 is 6.31. The van der Waals surface area contributed by atoms with Gasteiger partial charge in [0.2, 0.25) is 0 Å². The smallest absolute Gasteiger partial charge is 0.0701 e. The molecule has 3 aliphatic rings. The van der Waals surface area contributed by atoms with Gasteiger partial charge in [0.15, 0.2) is 0 Å². The quantitative estimate of drug-likeness (QED) is 0.839. The zero-order valence-electron chi connectivity index (χ0n) is 12.4. The Morgan fingerprint density at radius 1 is 1.15 bits per heavy atom. The first-order chi connectivity index (χ1) is 9.70. The third-order valence-corrected chi connectivity index (χ3v) is 9.32. The maximum Gasteiger partial charge on any atom is 0.0701 e. The Balaban J connectivity index is 1.63. The van der Waals surface area contributed by atoms with E-state index in [1.54, 1.807) is 0 Å². The highest BCUT2D eigenvalue weighted by atomic mass is 32.2. The lowest BCUT2D eigenvalue weighted by atomic mass is 9.78. The summed E-state index contributed by atoms with van der Waals surface area (Å²) in [5, 5.41) is 1.36. The minimum Gasteiger partial charge on any atom is -0.375 e. The maximum atomic E-state index is 6.71. The van der Waals surface area contributed by atoms with E-state index < -0.39 is 0 Å². The molecule has 2 nitrogen and oxygen atoms in total. The summed E-state index contributed by atoms with van der Waals surface area (Å²) in [5.74, 6) is 5.78. The van der Waals surface area contributed by atoms with Crippen LogP contribution in [0, 0.1) is 5.92 Å². The number of nitrogens with two attached hydrogens (primary N) is 1. The summed E-state index contributed by atoms with van der Waals surface area (Å²) in [5.41, 5.74) is 6.89. The van der Waals surface area contributed by atoms with Crippen molar-refractivity contribution in [3.63, 3.8) is 0 Å². The van der Waals surface area contributed by atoms with E-state index in [4.69, 9.17) is 10.5 Å². The van der Waals surface area contributed by atoms with Gasteiger partial charge in [0.1, 0.15) is 0 Å². The van der Waals surface area contributed by atoms with Gasteiger partial charge in [0.25, 0.3) is 0 Å². The molecule has 4 unspecified atom stereocenters. The van der Waals surface area contributed by atoms with Gasteiger partial charge >= 0.3 is 0 Å². The Labute approximate surface area is 136 Å². The number of hydrogen-bond acceptors (Lipinski definition) is 5. The van der Waals surface area contributed by atoms with Crippen molar-refractivity contribution in [2.75, 3.05) is 29.6 Å². The SMILES string of the molecule is CC1SCCSC1C(N)C1CCOC2(CCSCC2)C1. The Hall–Kier alpha value is 0.970. The zero-order chi connectivity index (χ0) is 14.0. The zero-order valence-corrected chi connectivity index (χ0v) is 14.8. The van der Waals surface area contributed by atoms with Gasteiger partial charge in [0.05, 0.1) is 5.60 Å². The van der Waals surface area contributed by atoms with Crippen molar-refractivity contribution in [2.45, 2.75) is 54.7 Å². The predicted molar refractivity (Wildman–Crippen MR) is 94.1 cm³/mol. The van der Waals surface area contributed by atoms with E-state index in [1.165, 1.54) is 48.7 Å². The van der Waals surface area contributed by atoms with E-state index in [9.17, 15) is 0 Å². The summed E-state index contributed by atoms with van der Waals surface area (Å²) in [7, 11) is 0. The van der Waals surface area contributed by atoms with Gasteiger partial charge in [-0.1, -0.05) is 6.92 Å². The van der Waals surface area contributed by atoms with Crippen molar-refractivity contribution >= 4 is 35.3 Å². The molecule has 0 aliphatic carbocycles. The molecule has 3 heterocycles. The fraction of sp³-hybridized carbons (Fsp3) is 1.00. The van der Waals surface area contributed by atoms with Crippen LogP contribution in [0.2, 0.25) is 0 Å². The second-order valence-corrected chi connectivity index (χ2v) is 10.4. The first kappa shape index (κ1) is 15.9. The molecule has 3 fully saturated rings. The van der Waals surface area contributed by atoms with E-state index in [0.29, 0.717) is 22.5 Å². The normalized spacial score (nSPS) is 39.6. The fourth-order valence-corrected chi connectivity index (χ4v) is 8.04. The molecule has 0 bridgehead atoms. The lowest BCUT2D eigenvalue weighted by Crippen LogP contribution is -2.52. The molecular formula is C15H27NOS3. The first-order valence-electron chi connectivity index (χ1n) is 7.91. The van der Waals surface area contributed by atoms with Crippen molar-refractivity contribution in [2.24, 2.45) is 11.7 Å². The third kappa shape index (κ3) is 3.48. The number of rotatable bonds is 2. The van der Waals surface area contributed by atoms with Crippen LogP contribution in [0.3, 0.4) is 0 Å². The van der Waals surface area contributed by atoms with E-state index in [1.807, 2.05) is 0 Å². The fourth-order valence-electron chi connectivity index (χ4n) is 3.83.